The van der Waals surface area contributed by atoms with Gasteiger partial charge in [0.15, 0.2) is 0 Å². The third kappa shape index (κ3) is 5.46. The van der Waals surface area contributed by atoms with Gasteiger partial charge in [-0.2, -0.15) is 21.6 Å². The fraction of sp³-hybridized carbons (Fsp3) is 0.500. The fourth-order valence-electron chi connectivity index (χ4n) is 3.52. The molecule has 1 saturated heterocycles. The van der Waals surface area contributed by atoms with Gasteiger partial charge in [0.05, 0.1) is 24.3 Å². The molecule has 1 aromatic rings. The summed E-state index contributed by atoms with van der Waals surface area (Å²) in [4.78, 5) is 51.8. The van der Waals surface area contributed by atoms with Crippen LogP contribution in [-0.4, -0.2) is 86.9 Å². The lowest BCUT2D eigenvalue weighted by atomic mass is 10.0. The van der Waals surface area contributed by atoms with Crippen LogP contribution in [-0.2, 0) is 28.6 Å². The molecular weight excluding hydrogens is 501 g/mol. The summed E-state index contributed by atoms with van der Waals surface area (Å²) in [6.45, 7) is -0.998. The van der Waals surface area contributed by atoms with Crippen LogP contribution in [0.4, 0.5) is 13.2 Å². The Morgan fingerprint density at radius 1 is 1.03 bits per heavy atom. The third-order valence-corrected chi connectivity index (χ3v) is 6.33. The Kier molecular flexibility index (Phi) is 7.81. The van der Waals surface area contributed by atoms with Crippen molar-refractivity contribution in [3.63, 3.8) is 0 Å². The van der Waals surface area contributed by atoms with Crippen molar-refractivity contribution in [1.82, 2.24) is 9.80 Å². The van der Waals surface area contributed by atoms with Crippen molar-refractivity contribution in [2.45, 2.75) is 30.8 Å². The molecule has 3 rings (SSSR count). The maximum absolute atomic E-state index is 13.0. The minimum atomic E-state index is -5.65. The summed E-state index contributed by atoms with van der Waals surface area (Å²) in [6, 6.07) is 3.24. The number of carbonyl (C=O) groups is 4. The number of ether oxygens (including phenoxy) is 2. The number of imide groups is 2. The van der Waals surface area contributed by atoms with Crippen LogP contribution in [0.25, 0.3) is 0 Å². The van der Waals surface area contributed by atoms with E-state index in [2.05, 4.69) is 4.18 Å². The first-order valence-electron chi connectivity index (χ1n) is 10.3. The summed E-state index contributed by atoms with van der Waals surface area (Å²) < 4.78 is 72.5. The molecule has 4 amide bonds. The standard InChI is InChI=1S/C20H21F3N2O9S/c1-24-15(26)7-6-13(18(24)28)25-17(27)12-4-2-5-14(16(12)19(25)29)33-11-10-32-8-3-9-34-35(30,31)20(21,22)23/h2,4-5,13H,3,6-11H2,1H3. The van der Waals surface area contributed by atoms with Crippen LogP contribution >= 0.6 is 0 Å². The Balaban J connectivity index is 1.52. The minimum absolute atomic E-state index is 0.00812. The molecule has 0 N–H and O–H groups in total. The highest BCUT2D eigenvalue weighted by atomic mass is 32.2. The Morgan fingerprint density at radius 2 is 1.74 bits per heavy atom. The first-order chi connectivity index (χ1) is 16.4. The predicted octanol–water partition coefficient (Wildman–Crippen LogP) is 1.08. The molecule has 0 spiro atoms. The highest BCUT2D eigenvalue weighted by molar-refractivity contribution is 7.87. The molecule has 35 heavy (non-hydrogen) atoms. The number of amides is 4. The quantitative estimate of drug-likeness (QED) is 0.191. The van der Waals surface area contributed by atoms with Gasteiger partial charge in [-0.15, -0.1) is 0 Å². The van der Waals surface area contributed by atoms with Gasteiger partial charge >= 0.3 is 15.6 Å². The molecule has 0 aliphatic carbocycles. The molecule has 0 bridgehead atoms. The number of likely N-dealkylation sites (tertiary alicyclic amines) is 1. The molecule has 2 heterocycles. The van der Waals surface area contributed by atoms with Crippen molar-refractivity contribution >= 4 is 33.7 Å². The van der Waals surface area contributed by atoms with Crippen molar-refractivity contribution in [1.29, 1.82) is 0 Å². The van der Waals surface area contributed by atoms with Crippen LogP contribution in [0.1, 0.15) is 40.0 Å². The number of benzene rings is 1. The summed E-state index contributed by atoms with van der Waals surface area (Å²) in [5.74, 6) is -2.40. The second-order valence-electron chi connectivity index (χ2n) is 7.54. The number of halogens is 3. The van der Waals surface area contributed by atoms with Gasteiger partial charge in [0, 0.05) is 20.1 Å². The zero-order valence-electron chi connectivity index (χ0n) is 18.4. The van der Waals surface area contributed by atoms with Crippen molar-refractivity contribution in [3.05, 3.63) is 29.3 Å². The van der Waals surface area contributed by atoms with E-state index in [0.717, 1.165) is 9.80 Å². The lowest BCUT2D eigenvalue weighted by Gasteiger charge is -2.32. The SMILES string of the molecule is CN1C(=O)CCC(N2C(=O)c3cccc(OCCOCCCOS(=O)(=O)C(F)(F)F)c3C2=O)C1=O. The van der Waals surface area contributed by atoms with Crippen molar-refractivity contribution in [3.8, 4) is 5.75 Å². The Hall–Kier alpha value is -3.04. The lowest BCUT2D eigenvalue weighted by Crippen LogP contribution is -2.54. The number of hydrogen-bond donors (Lipinski definition) is 0. The van der Waals surface area contributed by atoms with Crippen LogP contribution < -0.4 is 4.74 Å². The third-order valence-electron chi connectivity index (χ3n) is 5.28. The van der Waals surface area contributed by atoms with E-state index in [1.807, 2.05) is 0 Å². The van der Waals surface area contributed by atoms with Gasteiger partial charge in [-0.25, -0.2) is 0 Å². The van der Waals surface area contributed by atoms with Gasteiger partial charge in [0.1, 0.15) is 18.4 Å². The van der Waals surface area contributed by atoms with Crippen LogP contribution in [0, 0.1) is 0 Å². The number of fused-ring (bicyclic) bond motifs is 1. The van der Waals surface area contributed by atoms with Crippen molar-refractivity contribution < 1.29 is 54.4 Å². The molecule has 1 atom stereocenters. The summed E-state index contributed by atoms with van der Waals surface area (Å²) in [6.07, 6.45) is -0.107. The zero-order chi connectivity index (χ0) is 26.0. The molecule has 0 saturated carbocycles. The van der Waals surface area contributed by atoms with E-state index in [9.17, 15) is 40.8 Å². The molecule has 15 heteroatoms. The fourth-order valence-corrected chi connectivity index (χ4v) is 3.99. The van der Waals surface area contributed by atoms with E-state index < -0.39 is 51.9 Å². The number of piperidine rings is 1. The number of nitrogens with zero attached hydrogens (tertiary/aromatic N) is 2. The van der Waals surface area contributed by atoms with Crippen molar-refractivity contribution in [2.24, 2.45) is 0 Å². The van der Waals surface area contributed by atoms with E-state index in [1.165, 1.54) is 25.2 Å². The highest BCUT2D eigenvalue weighted by Gasteiger charge is 2.48. The zero-order valence-corrected chi connectivity index (χ0v) is 19.2. The number of likely N-dealkylation sites (N-methyl/N-ethyl adjacent to an activating group) is 1. The summed E-state index contributed by atoms with van der Waals surface area (Å²) >= 11 is 0. The number of carbonyl (C=O) groups excluding carboxylic acids is 4. The molecule has 192 valence electrons. The van der Waals surface area contributed by atoms with E-state index >= 15 is 0 Å². The smallest absolute Gasteiger partial charge is 0.490 e. The Bertz CT molecular complexity index is 1140. The van der Waals surface area contributed by atoms with E-state index in [1.54, 1.807) is 0 Å². The summed E-state index contributed by atoms with van der Waals surface area (Å²) in [5, 5.41) is 0. The lowest BCUT2D eigenvalue weighted by molar-refractivity contribution is -0.149. The van der Waals surface area contributed by atoms with Crippen LogP contribution in [0.3, 0.4) is 0 Å². The topological polar surface area (TPSA) is 137 Å². The van der Waals surface area contributed by atoms with Gasteiger partial charge in [-0.05, 0) is 25.0 Å². The van der Waals surface area contributed by atoms with E-state index in [-0.39, 0.29) is 56.0 Å². The Morgan fingerprint density at radius 3 is 2.43 bits per heavy atom. The second kappa shape index (κ2) is 10.3. The highest BCUT2D eigenvalue weighted by Crippen LogP contribution is 2.34. The normalized spacial score (nSPS) is 18.9. The maximum atomic E-state index is 13.0. The largest absolute Gasteiger partial charge is 0.523 e. The molecule has 11 nitrogen and oxygen atoms in total. The van der Waals surface area contributed by atoms with Crippen LogP contribution in [0.2, 0.25) is 0 Å². The first kappa shape index (κ1) is 26.6. The van der Waals surface area contributed by atoms with Gasteiger partial charge in [0.25, 0.3) is 17.7 Å². The summed E-state index contributed by atoms with van der Waals surface area (Å²) in [5.41, 5.74) is -5.48. The van der Waals surface area contributed by atoms with Crippen molar-refractivity contribution in [2.75, 3.05) is 33.5 Å². The number of rotatable bonds is 10. The Labute approximate surface area is 197 Å². The molecular formula is C20H21F3N2O9S. The second-order valence-corrected chi connectivity index (χ2v) is 9.15. The number of hydrogen-bond acceptors (Lipinski definition) is 9. The molecule has 1 unspecified atom stereocenters. The van der Waals surface area contributed by atoms with Gasteiger partial charge in [-0.3, -0.25) is 33.2 Å². The van der Waals surface area contributed by atoms with E-state index in [0.29, 0.717) is 0 Å². The molecule has 1 aromatic carbocycles. The van der Waals surface area contributed by atoms with Crippen LogP contribution in [0.15, 0.2) is 18.2 Å². The minimum Gasteiger partial charge on any atom is -0.490 e. The number of alkyl halides is 3. The maximum Gasteiger partial charge on any atom is 0.523 e. The summed E-state index contributed by atoms with van der Waals surface area (Å²) in [7, 11) is -4.37. The average molecular weight is 522 g/mol. The first-order valence-corrected chi connectivity index (χ1v) is 11.7. The predicted molar refractivity (Wildman–Crippen MR) is 110 cm³/mol. The van der Waals surface area contributed by atoms with Gasteiger partial charge in [0.2, 0.25) is 5.91 Å². The van der Waals surface area contributed by atoms with Gasteiger partial charge in [-0.1, -0.05) is 6.07 Å². The average Bonchev–Trinajstić information content (AvgIpc) is 3.04. The molecule has 0 radical (unpaired) electrons. The molecule has 0 aromatic heterocycles. The monoisotopic (exact) mass is 522 g/mol. The molecule has 1 fully saturated rings. The van der Waals surface area contributed by atoms with Crippen LogP contribution in [0.5, 0.6) is 5.75 Å². The van der Waals surface area contributed by atoms with Gasteiger partial charge < -0.3 is 9.47 Å². The van der Waals surface area contributed by atoms with E-state index in [4.69, 9.17) is 9.47 Å². The molecule has 2 aliphatic heterocycles. The molecule has 2 aliphatic rings.